The number of hydrogen-bond donors (Lipinski definition) is 0. The minimum Gasteiger partial charge on any atom is -0.298 e. The molecule has 0 aliphatic heterocycles. The summed E-state index contributed by atoms with van der Waals surface area (Å²) >= 11 is 0. The van der Waals surface area contributed by atoms with E-state index < -0.39 is 0 Å². The van der Waals surface area contributed by atoms with Gasteiger partial charge in [0, 0.05) is 5.57 Å². The van der Waals surface area contributed by atoms with Crippen LogP contribution in [0.5, 0.6) is 0 Å². The lowest BCUT2D eigenvalue weighted by atomic mass is 10.00. The standard InChI is InChI=1S/C13H16O/c1-4-11(3)13(9-14)12-7-5-10(2)6-8-12/h5-9H,4H2,1-3H3/b13-11+. The number of aldehydes is 1. The van der Waals surface area contributed by atoms with E-state index >= 15 is 0 Å². The number of carbonyl (C=O) groups is 1. The van der Waals surface area contributed by atoms with Gasteiger partial charge in [-0.2, -0.15) is 0 Å². The molecule has 1 heteroatoms. The summed E-state index contributed by atoms with van der Waals surface area (Å²) in [6, 6.07) is 8.06. The van der Waals surface area contributed by atoms with Gasteiger partial charge in [0.25, 0.3) is 0 Å². The lowest BCUT2D eigenvalue weighted by molar-refractivity contribution is -0.103. The number of aryl methyl sites for hydroxylation is 1. The van der Waals surface area contributed by atoms with Gasteiger partial charge in [0.15, 0.2) is 6.29 Å². The zero-order valence-corrected chi connectivity index (χ0v) is 9.00. The predicted molar refractivity (Wildman–Crippen MR) is 60.1 cm³/mol. The van der Waals surface area contributed by atoms with Gasteiger partial charge in [0.1, 0.15) is 0 Å². The van der Waals surface area contributed by atoms with Crippen LogP contribution < -0.4 is 0 Å². The highest BCUT2D eigenvalue weighted by Crippen LogP contribution is 2.18. The average molecular weight is 188 g/mol. The number of benzene rings is 1. The van der Waals surface area contributed by atoms with Crippen molar-refractivity contribution in [3.8, 4) is 0 Å². The number of rotatable bonds is 3. The second-order valence-corrected chi connectivity index (χ2v) is 3.53. The SMILES string of the molecule is CC/C(C)=C(\C=O)c1ccc(C)cc1. The molecule has 1 aromatic rings. The minimum atomic E-state index is 0.826. The van der Waals surface area contributed by atoms with Gasteiger partial charge >= 0.3 is 0 Å². The first-order valence-electron chi connectivity index (χ1n) is 4.91. The molecule has 0 unspecified atom stereocenters. The normalized spacial score (nSPS) is 12.2. The molecule has 0 spiro atoms. The van der Waals surface area contributed by atoms with Crippen molar-refractivity contribution < 1.29 is 4.79 Å². The Bertz CT molecular complexity index is 344. The molecule has 0 bridgehead atoms. The molecule has 0 saturated heterocycles. The Morgan fingerprint density at radius 1 is 1.29 bits per heavy atom. The first-order valence-corrected chi connectivity index (χ1v) is 4.91. The van der Waals surface area contributed by atoms with Crippen molar-refractivity contribution in [2.24, 2.45) is 0 Å². The molecule has 0 radical (unpaired) electrons. The zero-order valence-electron chi connectivity index (χ0n) is 9.00. The fraction of sp³-hybridized carbons (Fsp3) is 0.308. The molecule has 1 nitrogen and oxygen atoms in total. The molecular formula is C13H16O. The van der Waals surface area contributed by atoms with Crippen LogP contribution >= 0.6 is 0 Å². The third kappa shape index (κ3) is 2.32. The van der Waals surface area contributed by atoms with Crippen LogP contribution in [0.15, 0.2) is 29.8 Å². The quantitative estimate of drug-likeness (QED) is 0.525. The molecule has 0 N–H and O–H groups in total. The summed E-state index contributed by atoms with van der Waals surface area (Å²) in [4.78, 5) is 10.9. The number of allylic oxidation sites excluding steroid dienone is 2. The van der Waals surface area contributed by atoms with Crippen molar-refractivity contribution in [3.63, 3.8) is 0 Å². The zero-order chi connectivity index (χ0) is 10.6. The van der Waals surface area contributed by atoms with Gasteiger partial charge < -0.3 is 0 Å². The van der Waals surface area contributed by atoms with E-state index in [0.717, 1.165) is 29.4 Å². The molecule has 1 rings (SSSR count). The summed E-state index contributed by atoms with van der Waals surface area (Å²) < 4.78 is 0. The molecule has 0 amide bonds. The first-order chi connectivity index (χ1) is 6.69. The summed E-state index contributed by atoms with van der Waals surface area (Å²) in [5.41, 5.74) is 4.20. The van der Waals surface area contributed by atoms with Crippen molar-refractivity contribution in [1.82, 2.24) is 0 Å². The van der Waals surface area contributed by atoms with E-state index in [2.05, 4.69) is 6.92 Å². The molecule has 0 fully saturated rings. The van der Waals surface area contributed by atoms with Crippen LogP contribution in [-0.4, -0.2) is 6.29 Å². The second kappa shape index (κ2) is 4.75. The van der Waals surface area contributed by atoms with Gasteiger partial charge in [-0.05, 0) is 25.8 Å². The van der Waals surface area contributed by atoms with E-state index in [-0.39, 0.29) is 0 Å². The first kappa shape index (κ1) is 10.7. The van der Waals surface area contributed by atoms with Crippen LogP contribution in [0.25, 0.3) is 5.57 Å². The maximum atomic E-state index is 10.9. The Hall–Kier alpha value is -1.37. The predicted octanol–water partition coefficient (Wildman–Crippen LogP) is 3.38. The molecule has 1 aromatic carbocycles. The smallest absolute Gasteiger partial charge is 0.150 e. The molecule has 0 atom stereocenters. The summed E-state index contributed by atoms with van der Waals surface area (Å²) in [5.74, 6) is 0. The highest BCUT2D eigenvalue weighted by Gasteiger charge is 2.02. The van der Waals surface area contributed by atoms with Crippen molar-refractivity contribution >= 4 is 11.9 Å². The van der Waals surface area contributed by atoms with Crippen molar-refractivity contribution in [3.05, 3.63) is 41.0 Å². The van der Waals surface area contributed by atoms with Crippen LogP contribution in [0.1, 0.15) is 31.4 Å². The van der Waals surface area contributed by atoms with Crippen molar-refractivity contribution in [1.29, 1.82) is 0 Å². The van der Waals surface area contributed by atoms with Crippen molar-refractivity contribution in [2.45, 2.75) is 27.2 Å². The van der Waals surface area contributed by atoms with Crippen LogP contribution in [0.2, 0.25) is 0 Å². The second-order valence-electron chi connectivity index (χ2n) is 3.53. The summed E-state index contributed by atoms with van der Waals surface area (Å²) in [6.07, 6.45) is 1.87. The lowest BCUT2D eigenvalue weighted by Gasteiger charge is -2.05. The third-order valence-electron chi connectivity index (χ3n) is 2.47. The van der Waals surface area contributed by atoms with Crippen LogP contribution in [0.3, 0.4) is 0 Å². The van der Waals surface area contributed by atoms with Gasteiger partial charge in [-0.15, -0.1) is 0 Å². The molecule has 74 valence electrons. The average Bonchev–Trinajstić information content (AvgIpc) is 2.21. The largest absolute Gasteiger partial charge is 0.298 e. The summed E-state index contributed by atoms with van der Waals surface area (Å²) in [6.45, 7) is 6.11. The fourth-order valence-electron chi connectivity index (χ4n) is 1.34. The third-order valence-corrected chi connectivity index (χ3v) is 2.47. The fourth-order valence-corrected chi connectivity index (χ4v) is 1.34. The van der Waals surface area contributed by atoms with Gasteiger partial charge in [-0.3, -0.25) is 4.79 Å². The highest BCUT2D eigenvalue weighted by atomic mass is 16.1. The number of hydrogen-bond acceptors (Lipinski definition) is 1. The molecule has 0 heterocycles. The topological polar surface area (TPSA) is 17.1 Å². The maximum absolute atomic E-state index is 10.9. The monoisotopic (exact) mass is 188 g/mol. The molecule has 0 aliphatic rings. The molecule has 14 heavy (non-hydrogen) atoms. The lowest BCUT2D eigenvalue weighted by Crippen LogP contribution is -1.90. The van der Waals surface area contributed by atoms with E-state index in [1.54, 1.807) is 0 Å². The number of carbonyl (C=O) groups excluding carboxylic acids is 1. The van der Waals surface area contributed by atoms with E-state index in [4.69, 9.17) is 0 Å². The van der Waals surface area contributed by atoms with Gasteiger partial charge in [-0.25, -0.2) is 0 Å². The Balaban J connectivity index is 3.14. The molecule has 0 saturated carbocycles. The molecule has 0 aliphatic carbocycles. The van der Waals surface area contributed by atoms with E-state index in [1.807, 2.05) is 38.1 Å². The Morgan fingerprint density at radius 2 is 1.86 bits per heavy atom. The Labute approximate surface area is 85.5 Å². The maximum Gasteiger partial charge on any atom is 0.150 e. The van der Waals surface area contributed by atoms with Gasteiger partial charge in [-0.1, -0.05) is 42.3 Å². The Kier molecular flexibility index (Phi) is 3.63. The minimum absolute atomic E-state index is 0.826. The van der Waals surface area contributed by atoms with E-state index in [1.165, 1.54) is 5.56 Å². The summed E-state index contributed by atoms with van der Waals surface area (Å²) in [7, 11) is 0. The van der Waals surface area contributed by atoms with E-state index in [0.29, 0.717) is 0 Å². The van der Waals surface area contributed by atoms with Crippen LogP contribution in [0, 0.1) is 6.92 Å². The molecular weight excluding hydrogens is 172 g/mol. The molecule has 0 aromatic heterocycles. The highest BCUT2D eigenvalue weighted by molar-refractivity contribution is 6.08. The van der Waals surface area contributed by atoms with Gasteiger partial charge in [0.2, 0.25) is 0 Å². The Morgan fingerprint density at radius 3 is 2.29 bits per heavy atom. The van der Waals surface area contributed by atoms with Gasteiger partial charge in [0.05, 0.1) is 0 Å². The van der Waals surface area contributed by atoms with Crippen LogP contribution in [-0.2, 0) is 4.79 Å². The summed E-state index contributed by atoms with van der Waals surface area (Å²) in [5, 5.41) is 0. The van der Waals surface area contributed by atoms with E-state index in [9.17, 15) is 4.79 Å². The van der Waals surface area contributed by atoms with Crippen molar-refractivity contribution in [2.75, 3.05) is 0 Å². The van der Waals surface area contributed by atoms with Crippen LogP contribution in [0.4, 0.5) is 0 Å².